The van der Waals surface area contributed by atoms with Crippen molar-refractivity contribution in [1.29, 1.82) is 0 Å². The molecule has 0 atom stereocenters. The number of aryl methyl sites for hydroxylation is 2. The molecule has 2 aliphatic heterocycles. The van der Waals surface area contributed by atoms with Crippen LogP contribution in [0.1, 0.15) is 44.2 Å². The second-order valence-electron chi connectivity index (χ2n) is 12.6. The Balaban J connectivity index is 0.000000908. The van der Waals surface area contributed by atoms with E-state index in [1.54, 1.807) is 13.3 Å². The molecule has 1 saturated heterocycles. The van der Waals surface area contributed by atoms with Crippen LogP contribution in [0, 0.1) is 0 Å². The van der Waals surface area contributed by atoms with Gasteiger partial charge in [0, 0.05) is 78.8 Å². The van der Waals surface area contributed by atoms with Crippen LogP contribution >= 0.6 is 7.82 Å². The average Bonchev–Trinajstić information content (AvgIpc) is 3.47. The number of aromatic nitrogens is 2. The monoisotopic (exact) mass is 706 g/mol. The fourth-order valence-corrected chi connectivity index (χ4v) is 6.63. The highest BCUT2D eigenvalue weighted by molar-refractivity contribution is 7.45. The van der Waals surface area contributed by atoms with E-state index in [-0.39, 0.29) is 5.91 Å². The van der Waals surface area contributed by atoms with E-state index in [0.717, 1.165) is 89.2 Å². The van der Waals surface area contributed by atoms with Gasteiger partial charge in [-0.2, -0.15) is 0 Å². The predicted molar refractivity (Wildman–Crippen MR) is 195 cm³/mol. The van der Waals surface area contributed by atoms with Crippen LogP contribution in [-0.2, 0) is 22.2 Å². The van der Waals surface area contributed by atoms with E-state index in [1.807, 2.05) is 24.3 Å². The van der Waals surface area contributed by atoms with Gasteiger partial charge in [-0.25, -0.2) is 14.5 Å². The minimum atomic E-state index is -4.64. The molecule has 268 valence electrons. The molecule has 0 bridgehead atoms. The summed E-state index contributed by atoms with van der Waals surface area (Å²) in [6, 6.07) is 13.1. The van der Waals surface area contributed by atoms with Gasteiger partial charge < -0.3 is 45.3 Å². The SMILES string of the molecule is CCc1cccc(CC)c1NC(=O)C1=c2cnc(Nc3ccc(N4CCC(N(C)C)CC4)cc3OC)nc2=C2C(=CNN2C)C1.O=P(O)(O)O. The van der Waals surface area contributed by atoms with Gasteiger partial charge in [0.15, 0.2) is 0 Å². The molecule has 15 heteroatoms. The van der Waals surface area contributed by atoms with Gasteiger partial charge >= 0.3 is 7.82 Å². The molecule has 0 saturated carbocycles. The molecule has 3 aliphatic rings. The highest BCUT2D eigenvalue weighted by atomic mass is 31.2. The smallest absolute Gasteiger partial charge is 0.466 e. The highest BCUT2D eigenvalue weighted by Gasteiger charge is 2.28. The van der Waals surface area contributed by atoms with E-state index in [2.05, 4.69) is 89.1 Å². The van der Waals surface area contributed by atoms with Crippen LogP contribution in [0.15, 0.2) is 54.4 Å². The first kappa shape index (κ1) is 36.8. The van der Waals surface area contributed by atoms with Gasteiger partial charge in [0.1, 0.15) is 11.1 Å². The number of fused-ring (bicyclic) bond motifs is 2. The van der Waals surface area contributed by atoms with Gasteiger partial charge in [0.25, 0.3) is 5.91 Å². The minimum absolute atomic E-state index is 0.127. The molecule has 1 amide bonds. The number of nitrogens with zero attached hydrogens (tertiary/aromatic N) is 5. The van der Waals surface area contributed by atoms with Crippen LogP contribution in [0.3, 0.4) is 0 Å². The Morgan fingerprint density at radius 1 is 1.10 bits per heavy atom. The number of hydrogen-bond acceptors (Lipinski definition) is 10. The molecule has 1 fully saturated rings. The molecule has 1 aromatic heterocycles. The lowest BCUT2D eigenvalue weighted by Gasteiger charge is -2.36. The second kappa shape index (κ2) is 15.6. The molecular weight excluding hydrogens is 659 g/mol. The average molecular weight is 707 g/mol. The number of rotatable bonds is 9. The van der Waals surface area contributed by atoms with Crippen LogP contribution in [0.5, 0.6) is 5.75 Å². The van der Waals surface area contributed by atoms with Crippen LogP contribution in [0.25, 0.3) is 11.3 Å². The van der Waals surface area contributed by atoms with Gasteiger partial charge in [-0.15, -0.1) is 0 Å². The first-order valence-corrected chi connectivity index (χ1v) is 18.2. The van der Waals surface area contributed by atoms with Crippen molar-refractivity contribution in [1.82, 2.24) is 25.3 Å². The first-order chi connectivity index (χ1) is 23.8. The number of piperidine rings is 1. The number of hydrazine groups is 1. The summed E-state index contributed by atoms with van der Waals surface area (Å²) >= 11 is 0. The highest BCUT2D eigenvalue weighted by Crippen LogP contribution is 2.33. The van der Waals surface area contributed by atoms with Crippen molar-refractivity contribution in [3.8, 4) is 5.75 Å². The normalized spacial score (nSPS) is 15.8. The van der Waals surface area contributed by atoms with E-state index < -0.39 is 7.82 Å². The topological polar surface area (TPSA) is 176 Å². The number of likely N-dealkylation sites (N-methyl/N-ethyl adjacent to an activating group) is 1. The van der Waals surface area contributed by atoms with Crippen LogP contribution < -0.4 is 36.3 Å². The fourth-order valence-electron chi connectivity index (χ4n) is 6.63. The molecule has 0 unspecified atom stereocenters. The number of para-hydroxylation sites is 1. The van der Waals surface area contributed by atoms with Crippen molar-refractivity contribution >= 4 is 48.0 Å². The van der Waals surface area contributed by atoms with Crippen molar-refractivity contribution < 1.29 is 28.8 Å². The number of ether oxygens (including phenoxy) is 1. The fraction of sp³-hybridized carbons (Fsp3) is 0.400. The molecule has 1 aliphatic carbocycles. The quantitative estimate of drug-likeness (QED) is 0.179. The standard InChI is InChI=1S/C35H44N8O2.H3O4P/c1-7-22-10-9-11-23(8-2)31(22)39-34(44)27-18-24-20-37-42(5)33(24)32-28(27)21-36-35(40-32)38-29-13-12-26(19-30(29)45-6)43-16-14-25(15-17-43)41(3)4;1-5(2,3)4/h9-13,19-21,25,37H,7-8,14-18H2,1-6H3,(H,38,40)(H,39,44);(H3,1,2,3,4). The van der Waals surface area contributed by atoms with E-state index >= 15 is 0 Å². The van der Waals surface area contributed by atoms with Crippen LogP contribution in [0.2, 0.25) is 0 Å². The van der Waals surface area contributed by atoms with E-state index in [9.17, 15) is 4.79 Å². The minimum Gasteiger partial charge on any atom is -0.494 e. The lowest BCUT2D eigenvalue weighted by Crippen LogP contribution is -2.43. The van der Waals surface area contributed by atoms with Gasteiger partial charge in [-0.1, -0.05) is 32.0 Å². The Morgan fingerprint density at radius 3 is 2.36 bits per heavy atom. The zero-order chi connectivity index (χ0) is 36.2. The molecule has 3 aromatic rings. The third kappa shape index (κ3) is 8.45. The van der Waals surface area contributed by atoms with E-state index in [4.69, 9.17) is 29.0 Å². The lowest BCUT2D eigenvalue weighted by atomic mass is 9.95. The Morgan fingerprint density at radius 2 is 1.76 bits per heavy atom. The summed E-state index contributed by atoms with van der Waals surface area (Å²) < 4.78 is 14.7. The maximum atomic E-state index is 13.9. The molecule has 2 aromatic carbocycles. The van der Waals surface area contributed by atoms with Crippen LogP contribution in [-0.4, -0.2) is 87.8 Å². The van der Waals surface area contributed by atoms with Crippen molar-refractivity contribution in [2.75, 3.05) is 56.9 Å². The second-order valence-corrected chi connectivity index (χ2v) is 13.7. The number of phosphoric acid groups is 1. The molecule has 50 heavy (non-hydrogen) atoms. The number of methoxy groups -OCH3 is 1. The predicted octanol–water partition coefficient (Wildman–Crippen LogP) is 2.59. The molecular formula is C35H47N8O6P. The molecule has 3 heterocycles. The maximum absolute atomic E-state index is 13.9. The van der Waals surface area contributed by atoms with E-state index in [1.165, 1.54) is 0 Å². The summed E-state index contributed by atoms with van der Waals surface area (Å²) in [5.41, 5.74) is 11.0. The van der Waals surface area contributed by atoms with Crippen molar-refractivity contribution in [2.24, 2.45) is 0 Å². The maximum Gasteiger partial charge on any atom is 0.466 e. The Kier molecular flexibility index (Phi) is 11.5. The largest absolute Gasteiger partial charge is 0.494 e. The molecule has 6 rings (SSSR count). The number of anilines is 4. The van der Waals surface area contributed by atoms with E-state index in [0.29, 0.717) is 29.3 Å². The first-order valence-electron chi connectivity index (χ1n) is 16.7. The number of nitrogens with one attached hydrogen (secondary N) is 3. The summed E-state index contributed by atoms with van der Waals surface area (Å²) in [5.74, 6) is 1.03. The summed E-state index contributed by atoms with van der Waals surface area (Å²) in [6.07, 6.45) is 8.14. The molecule has 0 radical (unpaired) electrons. The Bertz CT molecular complexity index is 1910. The summed E-state index contributed by atoms with van der Waals surface area (Å²) in [4.78, 5) is 49.8. The zero-order valence-corrected chi connectivity index (χ0v) is 30.3. The van der Waals surface area contributed by atoms with Gasteiger partial charge in [-0.05, 0) is 63.0 Å². The summed E-state index contributed by atoms with van der Waals surface area (Å²) in [6.45, 7) is 6.25. The molecule has 14 nitrogen and oxygen atoms in total. The molecule has 6 N–H and O–H groups in total. The number of hydrogen-bond donors (Lipinski definition) is 6. The van der Waals surface area contributed by atoms with Crippen molar-refractivity contribution in [3.05, 3.63) is 76.1 Å². The number of benzene rings is 2. The molecule has 0 spiro atoms. The Labute approximate surface area is 292 Å². The zero-order valence-electron chi connectivity index (χ0n) is 29.4. The lowest BCUT2D eigenvalue weighted by molar-refractivity contribution is -0.111. The number of carbonyl (C=O) groups excluding carboxylic acids is 1. The summed E-state index contributed by atoms with van der Waals surface area (Å²) in [7, 11) is 3.32. The van der Waals surface area contributed by atoms with Crippen molar-refractivity contribution in [2.45, 2.75) is 52.0 Å². The van der Waals surface area contributed by atoms with Crippen LogP contribution in [0.4, 0.5) is 23.0 Å². The van der Waals surface area contributed by atoms with Crippen molar-refractivity contribution in [3.63, 3.8) is 0 Å². The third-order valence-corrected chi connectivity index (χ3v) is 9.28. The Hall–Kier alpha value is -4.46. The van der Waals surface area contributed by atoms with Gasteiger partial charge in [-0.3, -0.25) is 9.80 Å². The number of amides is 1. The van der Waals surface area contributed by atoms with Gasteiger partial charge in [0.2, 0.25) is 5.95 Å². The third-order valence-electron chi connectivity index (χ3n) is 9.28. The number of carbonyl (C=O) groups is 1. The summed E-state index contributed by atoms with van der Waals surface area (Å²) in [5, 5.41) is 10.0. The van der Waals surface area contributed by atoms with Gasteiger partial charge in [0.05, 0.1) is 18.5 Å².